The minimum atomic E-state index is -0.397. The molecule has 0 amide bonds. The molecule has 14 heavy (non-hydrogen) atoms. The van der Waals surface area contributed by atoms with E-state index in [0.717, 1.165) is 11.8 Å². The van der Waals surface area contributed by atoms with Crippen LogP contribution in [0.2, 0.25) is 0 Å². The number of nitrogens with one attached hydrogen (secondary N) is 1. The summed E-state index contributed by atoms with van der Waals surface area (Å²) in [6.07, 6.45) is 0. The zero-order valence-electron chi connectivity index (χ0n) is 9.46. The molecular formula is C9H18N4O. The van der Waals surface area contributed by atoms with Crippen LogP contribution in [0, 0.1) is 0 Å². The second-order valence-corrected chi connectivity index (χ2v) is 3.60. The summed E-state index contributed by atoms with van der Waals surface area (Å²) < 4.78 is 7.50. The monoisotopic (exact) mass is 198 g/mol. The average molecular weight is 198 g/mol. The van der Waals surface area contributed by atoms with Crippen LogP contribution in [-0.4, -0.2) is 28.4 Å². The maximum atomic E-state index is 5.60. The molecule has 0 radical (unpaired) electrons. The molecule has 5 heteroatoms. The number of hydrogen-bond donors (Lipinski definition) is 1. The quantitative estimate of drug-likeness (QED) is 0.788. The normalized spacial score (nSPS) is 11.8. The van der Waals surface area contributed by atoms with E-state index in [2.05, 4.69) is 15.5 Å². The SMILES string of the molecule is CCOC(C)(C)c1nnc(NC)n1C. The Morgan fingerprint density at radius 2 is 2.07 bits per heavy atom. The van der Waals surface area contributed by atoms with Gasteiger partial charge in [-0.1, -0.05) is 0 Å². The number of nitrogens with zero attached hydrogens (tertiary/aromatic N) is 3. The minimum absolute atomic E-state index is 0.397. The Morgan fingerprint density at radius 1 is 1.43 bits per heavy atom. The first-order chi connectivity index (χ1) is 6.53. The average Bonchev–Trinajstić information content (AvgIpc) is 2.47. The molecule has 0 saturated carbocycles. The van der Waals surface area contributed by atoms with Crippen molar-refractivity contribution in [3.05, 3.63) is 5.82 Å². The van der Waals surface area contributed by atoms with Gasteiger partial charge in [0.15, 0.2) is 5.82 Å². The lowest BCUT2D eigenvalue weighted by molar-refractivity contribution is -0.0228. The Balaban J connectivity index is 3.00. The highest BCUT2D eigenvalue weighted by molar-refractivity contribution is 5.25. The fourth-order valence-electron chi connectivity index (χ4n) is 1.50. The third-order valence-corrected chi connectivity index (χ3v) is 2.14. The van der Waals surface area contributed by atoms with Crippen LogP contribution in [0.4, 0.5) is 5.95 Å². The fourth-order valence-corrected chi connectivity index (χ4v) is 1.50. The maximum absolute atomic E-state index is 5.60. The van der Waals surface area contributed by atoms with Gasteiger partial charge in [-0.3, -0.25) is 4.57 Å². The number of anilines is 1. The molecule has 80 valence electrons. The lowest BCUT2D eigenvalue weighted by Crippen LogP contribution is -2.26. The first-order valence-corrected chi connectivity index (χ1v) is 4.74. The Bertz CT molecular complexity index is 306. The van der Waals surface area contributed by atoms with Gasteiger partial charge in [0.2, 0.25) is 5.95 Å². The zero-order valence-corrected chi connectivity index (χ0v) is 9.46. The van der Waals surface area contributed by atoms with Gasteiger partial charge in [-0.05, 0) is 20.8 Å². The number of aromatic nitrogens is 3. The van der Waals surface area contributed by atoms with E-state index in [1.165, 1.54) is 0 Å². The van der Waals surface area contributed by atoms with Crippen LogP contribution in [-0.2, 0) is 17.4 Å². The van der Waals surface area contributed by atoms with Crippen LogP contribution in [0.25, 0.3) is 0 Å². The summed E-state index contributed by atoms with van der Waals surface area (Å²) in [5.74, 6) is 1.57. The van der Waals surface area contributed by atoms with Gasteiger partial charge in [0.05, 0.1) is 0 Å². The van der Waals surface area contributed by atoms with Crippen molar-refractivity contribution in [1.29, 1.82) is 0 Å². The fraction of sp³-hybridized carbons (Fsp3) is 0.778. The van der Waals surface area contributed by atoms with Gasteiger partial charge in [-0.25, -0.2) is 0 Å². The highest BCUT2D eigenvalue weighted by atomic mass is 16.5. The largest absolute Gasteiger partial charge is 0.368 e. The van der Waals surface area contributed by atoms with Crippen molar-refractivity contribution in [2.45, 2.75) is 26.4 Å². The summed E-state index contributed by atoms with van der Waals surface area (Å²) in [4.78, 5) is 0. The summed E-state index contributed by atoms with van der Waals surface area (Å²) in [5.41, 5.74) is -0.397. The van der Waals surface area contributed by atoms with E-state index < -0.39 is 5.60 Å². The van der Waals surface area contributed by atoms with Crippen molar-refractivity contribution in [3.8, 4) is 0 Å². The Hall–Kier alpha value is -1.10. The summed E-state index contributed by atoms with van der Waals surface area (Å²) in [5, 5.41) is 11.1. The summed E-state index contributed by atoms with van der Waals surface area (Å²) in [6, 6.07) is 0. The highest BCUT2D eigenvalue weighted by Crippen LogP contribution is 2.23. The second kappa shape index (κ2) is 3.96. The number of hydrogen-bond acceptors (Lipinski definition) is 4. The Kier molecular flexibility index (Phi) is 3.10. The van der Waals surface area contributed by atoms with E-state index in [9.17, 15) is 0 Å². The van der Waals surface area contributed by atoms with Gasteiger partial charge in [0.25, 0.3) is 0 Å². The molecule has 0 bridgehead atoms. The molecule has 5 nitrogen and oxygen atoms in total. The van der Waals surface area contributed by atoms with E-state index in [-0.39, 0.29) is 0 Å². The number of rotatable bonds is 4. The van der Waals surface area contributed by atoms with Gasteiger partial charge in [0, 0.05) is 20.7 Å². The molecule has 1 heterocycles. The first kappa shape index (κ1) is 11.0. The first-order valence-electron chi connectivity index (χ1n) is 4.74. The van der Waals surface area contributed by atoms with Crippen LogP contribution >= 0.6 is 0 Å². The predicted molar refractivity (Wildman–Crippen MR) is 55.2 cm³/mol. The van der Waals surface area contributed by atoms with Gasteiger partial charge in [-0.2, -0.15) is 0 Å². The smallest absolute Gasteiger partial charge is 0.224 e. The maximum Gasteiger partial charge on any atom is 0.224 e. The van der Waals surface area contributed by atoms with Crippen molar-refractivity contribution < 1.29 is 4.74 Å². The standard InChI is InChI=1S/C9H18N4O/c1-6-14-9(2,3)7-11-12-8(10-4)13(7)5/h6H2,1-5H3,(H,10,12). The van der Waals surface area contributed by atoms with E-state index in [4.69, 9.17) is 4.74 Å². The molecular weight excluding hydrogens is 180 g/mol. The molecule has 1 aromatic rings. The third kappa shape index (κ3) is 1.87. The van der Waals surface area contributed by atoms with Crippen LogP contribution in [0.1, 0.15) is 26.6 Å². The van der Waals surface area contributed by atoms with Crippen molar-refractivity contribution in [3.63, 3.8) is 0 Å². The molecule has 0 spiro atoms. The predicted octanol–water partition coefficient (Wildman–Crippen LogP) is 1.13. The van der Waals surface area contributed by atoms with E-state index in [1.807, 2.05) is 39.4 Å². The molecule has 1 N–H and O–H groups in total. The molecule has 0 atom stereocenters. The molecule has 1 rings (SSSR count). The third-order valence-electron chi connectivity index (χ3n) is 2.14. The molecule has 0 saturated heterocycles. The van der Waals surface area contributed by atoms with Crippen molar-refractivity contribution in [2.24, 2.45) is 7.05 Å². The molecule has 0 aliphatic rings. The van der Waals surface area contributed by atoms with Crippen LogP contribution < -0.4 is 5.32 Å². The second-order valence-electron chi connectivity index (χ2n) is 3.60. The van der Waals surface area contributed by atoms with Gasteiger partial charge in [-0.15, -0.1) is 10.2 Å². The van der Waals surface area contributed by atoms with E-state index >= 15 is 0 Å². The molecule has 0 aliphatic heterocycles. The Morgan fingerprint density at radius 3 is 2.50 bits per heavy atom. The number of ether oxygens (including phenoxy) is 1. The topological polar surface area (TPSA) is 52.0 Å². The van der Waals surface area contributed by atoms with Crippen LogP contribution in [0.3, 0.4) is 0 Å². The van der Waals surface area contributed by atoms with Crippen molar-refractivity contribution in [1.82, 2.24) is 14.8 Å². The molecule has 0 aromatic carbocycles. The molecule has 1 aromatic heterocycles. The van der Waals surface area contributed by atoms with Crippen LogP contribution in [0.5, 0.6) is 0 Å². The van der Waals surface area contributed by atoms with Crippen molar-refractivity contribution in [2.75, 3.05) is 19.0 Å². The Labute approximate surface area is 84.5 Å². The molecule has 0 fully saturated rings. The van der Waals surface area contributed by atoms with Gasteiger partial charge in [0.1, 0.15) is 5.60 Å². The minimum Gasteiger partial charge on any atom is -0.368 e. The summed E-state index contributed by atoms with van der Waals surface area (Å²) in [7, 11) is 3.74. The van der Waals surface area contributed by atoms with E-state index in [1.54, 1.807) is 0 Å². The van der Waals surface area contributed by atoms with Gasteiger partial charge >= 0.3 is 0 Å². The van der Waals surface area contributed by atoms with Crippen LogP contribution in [0.15, 0.2) is 0 Å². The highest BCUT2D eigenvalue weighted by Gasteiger charge is 2.27. The molecule has 0 aliphatic carbocycles. The summed E-state index contributed by atoms with van der Waals surface area (Å²) >= 11 is 0. The summed E-state index contributed by atoms with van der Waals surface area (Å²) in [6.45, 7) is 6.60. The van der Waals surface area contributed by atoms with E-state index in [0.29, 0.717) is 6.61 Å². The zero-order chi connectivity index (χ0) is 10.8. The lowest BCUT2D eigenvalue weighted by atomic mass is 10.1. The van der Waals surface area contributed by atoms with Crippen molar-refractivity contribution >= 4 is 5.95 Å². The lowest BCUT2D eigenvalue weighted by Gasteiger charge is -2.23. The molecule has 0 unspecified atom stereocenters. The van der Waals surface area contributed by atoms with Gasteiger partial charge < -0.3 is 10.1 Å².